The molecule has 1 aliphatic heterocycles. The van der Waals surface area contributed by atoms with Crippen molar-refractivity contribution in [2.75, 3.05) is 0 Å². The summed E-state index contributed by atoms with van der Waals surface area (Å²) < 4.78 is 51.3. The van der Waals surface area contributed by atoms with E-state index in [0.717, 1.165) is 49.8 Å². The number of cyclic esters (lactones) is 1. The molecule has 0 aliphatic carbocycles. The van der Waals surface area contributed by atoms with Gasteiger partial charge in [0, 0.05) is 6.42 Å². The monoisotopic (exact) mass is 490 g/mol. The Kier molecular flexibility index (Phi) is 8.57. The van der Waals surface area contributed by atoms with Crippen LogP contribution < -0.4 is 0 Å². The van der Waals surface area contributed by atoms with E-state index in [9.17, 15) is 13.2 Å². The first-order valence-electron chi connectivity index (χ1n) is 11.2. The van der Waals surface area contributed by atoms with Gasteiger partial charge in [0.25, 0.3) is 0 Å². The van der Waals surface area contributed by atoms with Crippen molar-refractivity contribution < 1.29 is 35.5 Å². The highest BCUT2D eigenvalue weighted by atomic mass is 32.3. The maximum Gasteiger partial charge on any atom is 0.446 e. The summed E-state index contributed by atoms with van der Waals surface area (Å²) in [4.78, 5) is 11.7. The second-order valence-electron chi connectivity index (χ2n) is 8.57. The second-order valence-corrected chi connectivity index (χ2v) is 9.60. The number of rotatable bonds is 12. The molecule has 1 atom stereocenters. The standard InChI is InChI=1S/C25H30O8S/c1-17(7-5-9-20-13-22(31-16-20)14-21-10-11-30-15-21)6-4-8-18(2)12-23-24(33-34(27,28)29)19(3)25(26)32-23/h6,10-13,15-16,18H,4-5,7-9,14H2,1-3H3,(H,27,28,29)/b17-6-,23-12-/t18-/m1/s1. The minimum atomic E-state index is -4.75. The van der Waals surface area contributed by atoms with Gasteiger partial charge in [-0.25, -0.2) is 4.79 Å². The molecule has 8 nitrogen and oxygen atoms in total. The van der Waals surface area contributed by atoms with Crippen molar-refractivity contribution in [2.45, 2.75) is 59.3 Å². The molecule has 9 heteroatoms. The lowest BCUT2D eigenvalue weighted by Crippen LogP contribution is -2.05. The normalized spacial score (nSPS) is 16.9. The summed E-state index contributed by atoms with van der Waals surface area (Å²) in [5.41, 5.74) is 3.56. The largest absolute Gasteiger partial charge is 0.472 e. The molecule has 3 rings (SSSR count). The van der Waals surface area contributed by atoms with Crippen LogP contribution in [0.4, 0.5) is 0 Å². The average molecular weight is 491 g/mol. The summed E-state index contributed by atoms with van der Waals surface area (Å²) in [6, 6.07) is 4.02. The smallest absolute Gasteiger partial charge is 0.446 e. The first-order chi connectivity index (χ1) is 16.1. The first kappa shape index (κ1) is 25.6. The molecule has 0 saturated carbocycles. The fraction of sp³-hybridized carbons (Fsp3) is 0.400. The third kappa shape index (κ3) is 7.78. The van der Waals surface area contributed by atoms with Gasteiger partial charge in [0.05, 0.1) is 24.4 Å². The molecule has 0 saturated heterocycles. The number of hydrogen-bond acceptors (Lipinski definition) is 7. The molecule has 0 radical (unpaired) electrons. The number of esters is 1. The third-order valence-electron chi connectivity index (χ3n) is 5.52. The van der Waals surface area contributed by atoms with Crippen molar-refractivity contribution in [3.05, 3.63) is 82.6 Å². The Hall–Kier alpha value is -3.04. The Bertz CT molecular complexity index is 1180. The van der Waals surface area contributed by atoms with E-state index < -0.39 is 16.4 Å². The van der Waals surface area contributed by atoms with E-state index in [1.54, 1.807) is 18.6 Å². The van der Waals surface area contributed by atoms with Gasteiger partial charge in [-0.1, -0.05) is 18.6 Å². The fourth-order valence-electron chi connectivity index (χ4n) is 3.67. The van der Waals surface area contributed by atoms with E-state index in [-0.39, 0.29) is 23.0 Å². The van der Waals surface area contributed by atoms with Crippen LogP contribution in [0, 0.1) is 5.92 Å². The van der Waals surface area contributed by atoms with Crippen LogP contribution in [-0.2, 0) is 37.0 Å². The van der Waals surface area contributed by atoms with Crippen molar-refractivity contribution in [3.63, 3.8) is 0 Å². The van der Waals surface area contributed by atoms with Gasteiger partial charge in [0.15, 0.2) is 11.5 Å². The predicted octanol–water partition coefficient (Wildman–Crippen LogP) is 5.68. The van der Waals surface area contributed by atoms with Crippen LogP contribution in [0.25, 0.3) is 0 Å². The van der Waals surface area contributed by atoms with Gasteiger partial charge in [-0.3, -0.25) is 4.55 Å². The predicted molar refractivity (Wildman–Crippen MR) is 125 cm³/mol. The molecule has 0 spiro atoms. The molecule has 3 heterocycles. The zero-order valence-corrected chi connectivity index (χ0v) is 20.4. The lowest BCUT2D eigenvalue weighted by Gasteiger charge is -2.09. The van der Waals surface area contributed by atoms with Gasteiger partial charge in [-0.15, -0.1) is 0 Å². The zero-order chi connectivity index (χ0) is 24.7. The van der Waals surface area contributed by atoms with Crippen LogP contribution in [-0.4, -0.2) is 18.9 Å². The minimum absolute atomic E-state index is 0.00182. The van der Waals surface area contributed by atoms with Gasteiger partial charge in [-0.05, 0) is 81.2 Å². The molecule has 0 bridgehead atoms. The van der Waals surface area contributed by atoms with Gasteiger partial charge in [0.2, 0.25) is 0 Å². The maximum absolute atomic E-state index is 11.7. The summed E-state index contributed by atoms with van der Waals surface area (Å²) in [6.07, 6.45) is 14.3. The highest BCUT2D eigenvalue weighted by Crippen LogP contribution is 2.30. The van der Waals surface area contributed by atoms with E-state index in [0.29, 0.717) is 0 Å². The number of hydrogen-bond donors (Lipinski definition) is 1. The van der Waals surface area contributed by atoms with E-state index in [4.69, 9.17) is 18.1 Å². The zero-order valence-electron chi connectivity index (χ0n) is 19.6. The molecule has 0 fully saturated rings. The van der Waals surface area contributed by atoms with Gasteiger partial charge in [-0.2, -0.15) is 8.42 Å². The number of aryl methyl sites for hydroxylation is 1. The lowest BCUT2D eigenvalue weighted by molar-refractivity contribution is -0.133. The molecular weight excluding hydrogens is 460 g/mol. The van der Waals surface area contributed by atoms with Gasteiger partial charge < -0.3 is 17.8 Å². The van der Waals surface area contributed by atoms with Crippen LogP contribution in [0.3, 0.4) is 0 Å². The van der Waals surface area contributed by atoms with Crippen LogP contribution in [0.1, 0.15) is 63.3 Å². The Labute approximate surface area is 199 Å². The van der Waals surface area contributed by atoms with Crippen molar-refractivity contribution in [1.82, 2.24) is 0 Å². The average Bonchev–Trinajstić information content (AvgIpc) is 3.47. The molecule has 1 N–H and O–H groups in total. The quantitative estimate of drug-likeness (QED) is 0.229. The molecule has 2 aromatic rings. The van der Waals surface area contributed by atoms with Crippen molar-refractivity contribution >= 4 is 16.4 Å². The summed E-state index contributed by atoms with van der Waals surface area (Å²) >= 11 is 0. The maximum atomic E-state index is 11.7. The Morgan fingerprint density at radius 3 is 2.76 bits per heavy atom. The summed E-state index contributed by atoms with van der Waals surface area (Å²) in [5, 5.41) is 0. The Balaban J connectivity index is 1.42. The van der Waals surface area contributed by atoms with Crippen LogP contribution in [0.2, 0.25) is 0 Å². The van der Waals surface area contributed by atoms with Crippen molar-refractivity contribution in [3.8, 4) is 0 Å². The molecule has 34 heavy (non-hydrogen) atoms. The van der Waals surface area contributed by atoms with Crippen molar-refractivity contribution in [2.24, 2.45) is 5.92 Å². The Morgan fingerprint density at radius 2 is 2.06 bits per heavy atom. The molecule has 0 unspecified atom stereocenters. The van der Waals surface area contributed by atoms with E-state index in [1.807, 2.05) is 19.3 Å². The molecule has 0 amide bonds. The third-order valence-corrected chi connectivity index (χ3v) is 5.89. The van der Waals surface area contributed by atoms with Gasteiger partial charge in [0.1, 0.15) is 5.76 Å². The van der Waals surface area contributed by atoms with E-state index >= 15 is 0 Å². The van der Waals surface area contributed by atoms with Crippen molar-refractivity contribution in [1.29, 1.82) is 0 Å². The fourth-order valence-corrected chi connectivity index (χ4v) is 4.09. The number of allylic oxidation sites excluding steroid dienone is 3. The van der Waals surface area contributed by atoms with Crippen LogP contribution in [0.5, 0.6) is 0 Å². The van der Waals surface area contributed by atoms with E-state index in [2.05, 4.69) is 23.2 Å². The summed E-state index contributed by atoms with van der Waals surface area (Å²) in [7, 11) is -4.75. The molecule has 0 aromatic carbocycles. The molecule has 1 aliphatic rings. The number of carbonyl (C=O) groups excluding carboxylic acids is 1. The number of carbonyl (C=O) groups is 1. The second kappa shape index (κ2) is 11.4. The molecule has 2 aromatic heterocycles. The molecular formula is C25H30O8S. The minimum Gasteiger partial charge on any atom is -0.472 e. The SMILES string of the molecule is CC1=C(OS(=O)(=O)O)/C(=C/[C@H](C)CC/C=C(/C)CCCc2coc(Cc3ccoc3)c2)OC1=O. The van der Waals surface area contributed by atoms with Gasteiger partial charge >= 0.3 is 16.4 Å². The number of ether oxygens (including phenoxy) is 1. The first-order valence-corrected chi connectivity index (χ1v) is 12.5. The van der Waals surface area contributed by atoms with E-state index in [1.165, 1.54) is 18.1 Å². The summed E-state index contributed by atoms with van der Waals surface area (Å²) in [5.74, 6) is -0.0231. The topological polar surface area (TPSA) is 116 Å². The summed E-state index contributed by atoms with van der Waals surface area (Å²) in [6.45, 7) is 5.42. The Morgan fingerprint density at radius 1 is 1.26 bits per heavy atom. The lowest BCUT2D eigenvalue weighted by atomic mass is 10.0. The van der Waals surface area contributed by atoms with Crippen LogP contribution >= 0.6 is 0 Å². The van der Waals surface area contributed by atoms with Crippen LogP contribution in [0.15, 0.2) is 74.6 Å². The molecule has 184 valence electrons. The number of furan rings is 2. The highest BCUT2D eigenvalue weighted by molar-refractivity contribution is 7.81. The highest BCUT2D eigenvalue weighted by Gasteiger charge is 2.31.